The number of hydrogen-bond acceptors (Lipinski definition) is 11. The summed E-state index contributed by atoms with van der Waals surface area (Å²) in [7, 11) is 0. The molecular formula is C29H42O11. The fourth-order valence-corrected chi connectivity index (χ4v) is 10.5. The zero-order chi connectivity index (χ0) is 28.4. The molecule has 7 rings (SSSR count). The molecule has 6 N–H and O–H groups in total. The highest BCUT2D eigenvalue weighted by molar-refractivity contribution is 5.85. The lowest BCUT2D eigenvalue weighted by molar-refractivity contribution is -0.322. The summed E-state index contributed by atoms with van der Waals surface area (Å²) in [4.78, 5) is 11.9. The number of ether oxygens (including phenoxy) is 4. The molecule has 0 unspecified atom stereocenters. The van der Waals surface area contributed by atoms with Crippen LogP contribution in [0.5, 0.6) is 0 Å². The van der Waals surface area contributed by atoms with E-state index in [4.69, 9.17) is 18.9 Å². The van der Waals surface area contributed by atoms with E-state index in [-0.39, 0.29) is 49.5 Å². The molecule has 4 saturated carbocycles. The van der Waals surface area contributed by atoms with E-state index in [0.717, 1.165) is 12.0 Å². The van der Waals surface area contributed by atoms with E-state index in [1.807, 2.05) is 0 Å². The second kappa shape index (κ2) is 8.93. The van der Waals surface area contributed by atoms with Crippen LogP contribution in [0.4, 0.5) is 0 Å². The van der Waals surface area contributed by atoms with Gasteiger partial charge in [0.2, 0.25) is 0 Å². The highest BCUT2D eigenvalue weighted by atomic mass is 16.7. The molecular weight excluding hydrogens is 524 g/mol. The van der Waals surface area contributed by atoms with Gasteiger partial charge >= 0.3 is 5.97 Å². The van der Waals surface area contributed by atoms with Crippen molar-refractivity contribution in [2.75, 3.05) is 13.2 Å². The average Bonchev–Trinajstić information content (AvgIpc) is 3.55. The highest BCUT2D eigenvalue weighted by Gasteiger charge is 2.78. The van der Waals surface area contributed by atoms with Gasteiger partial charge < -0.3 is 49.6 Å². The first-order valence-corrected chi connectivity index (χ1v) is 14.8. The molecule has 0 aromatic heterocycles. The molecule has 3 aliphatic heterocycles. The quantitative estimate of drug-likeness (QED) is 0.192. The largest absolute Gasteiger partial charge is 0.458 e. The summed E-state index contributed by atoms with van der Waals surface area (Å²) in [5, 5.41) is 66.6. The van der Waals surface area contributed by atoms with E-state index < -0.39 is 64.9 Å². The standard InChI is InChI=1S/C29H42O11/c1-13-22(32)23(33)24(34)25(38-13)39-15-8-19-28(12-30)21-17(3-5-27(28,35)9-15)29(36)6-4-16(14-7-20(31)37-11-14)26(29,2)10-18(21)40-19/h7,13,15-19,21-25,30,32-36H,3-6,8-12H2,1-2H3/t13-,15-,16+,17+,18+,19-,21+,22-,23+,24+,25-,26+,27-,28+,29-/m0/s1. The second-order valence-corrected chi connectivity index (χ2v) is 13.9. The first-order valence-electron chi connectivity index (χ1n) is 14.8. The molecule has 7 aliphatic rings. The predicted octanol–water partition coefficient (Wildman–Crippen LogP) is -0.469. The third-order valence-corrected chi connectivity index (χ3v) is 12.5. The summed E-state index contributed by atoms with van der Waals surface area (Å²) in [5.74, 6) is -0.798. The Morgan fingerprint density at radius 2 is 1.82 bits per heavy atom. The van der Waals surface area contributed by atoms with Crippen molar-refractivity contribution in [2.24, 2.45) is 28.6 Å². The molecule has 3 heterocycles. The molecule has 4 aliphatic carbocycles. The fourth-order valence-electron chi connectivity index (χ4n) is 10.5. The van der Waals surface area contributed by atoms with Gasteiger partial charge in [-0.05, 0) is 56.4 Å². The summed E-state index contributed by atoms with van der Waals surface area (Å²) < 4.78 is 23.8. The van der Waals surface area contributed by atoms with Crippen molar-refractivity contribution in [1.29, 1.82) is 0 Å². The van der Waals surface area contributed by atoms with Gasteiger partial charge in [0, 0.05) is 30.3 Å². The summed E-state index contributed by atoms with van der Waals surface area (Å²) in [6.07, 6.45) is -2.65. The minimum absolute atomic E-state index is 0.0215. The van der Waals surface area contributed by atoms with Crippen LogP contribution in [0.15, 0.2) is 11.6 Å². The van der Waals surface area contributed by atoms with Gasteiger partial charge in [-0.15, -0.1) is 0 Å². The zero-order valence-electron chi connectivity index (χ0n) is 23.0. The topological polar surface area (TPSA) is 175 Å². The van der Waals surface area contributed by atoms with Crippen molar-refractivity contribution >= 4 is 5.97 Å². The van der Waals surface area contributed by atoms with Crippen LogP contribution in [-0.2, 0) is 23.7 Å². The molecule has 11 heteroatoms. The number of esters is 1. The fraction of sp³-hybridized carbons (Fsp3) is 0.897. The van der Waals surface area contributed by atoms with Crippen molar-refractivity contribution in [3.05, 3.63) is 11.6 Å². The van der Waals surface area contributed by atoms with Gasteiger partial charge in [-0.25, -0.2) is 4.79 Å². The van der Waals surface area contributed by atoms with Crippen molar-refractivity contribution in [2.45, 2.75) is 119 Å². The number of rotatable bonds is 4. The van der Waals surface area contributed by atoms with Crippen LogP contribution < -0.4 is 0 Å². The molecule has 0 radical (unpaired) electrons. The van der Waals surface area contributed by atoms with Crippen LogP contribution in [0.2, 0.25) is 0 Å². The molecule has 6 fully saturated rings. The van der Waals surface area contributed by atoms with E-state index >= 15 is 0 Å². The van der Waals surface area contributed by atoms with E-state index in [1.165, 1.54) is 0 Å². The summed E-state index contributed by atoms with van der Waals surface area (Å²) in [6, 6.07) is 0. The maximum Gasteiger partial charge on any atom is 0.331 e. The maximum atomic E-state index is 12.5. The van der Waals surface area contributed by atoms with Gasteiger partial charge in [0.1, 0.15) is 24.9 Å². The Labute approximate surface area is 233 Å². The molecule has 11 nitrogen and oxygen atoms in total. The van der Waals surface area contributed by atoms with Gasteiger partial charge in [0.05, 0.1) is 47.6 Å². The first kappa shape index (κ1) is 27.7. The van der Waals surface area contributed by atoms with Gasteiger partial charge in [-0.1, -0.05) is 6.92 Å². The van der Waals surface area contributed by atoms with E-state index in [2.05, 4.69) is 6.92 Å². The van der Waals surface area contributed by atoms with Crippen LogP contribution in [0, 0.1) is 28.6 Å². The first-order chi connectivity index (χ1) is 18.9. The minimum Gasteiger partial charge on any atom is -0.458 e. The number of carbonyl (C=O) groups excluding carboxylic acids is 1. The SMILES string of the molecule is C[C@@H]1O[C@@H](O[C@H]2C[C@@H]3O[C@@H]4C[C@]5(C)[C@@H](C6=CC(=O)OC6)CC[C@]5(O)[C@@H]5CC[C@](O)(C2)[C@@]3(CO)[C@H]54)[C@H](O)[C@H](O)[C@H]1O. The minimum atomic E-state index is -1.46. The monoisotopic (exact) mass is 566 g/mol. The van der Waals surface area contributed by atoms with Crippen LogP contribution >= 0.6 is 0 Å². The highest BCUT2D eigenvalue weighted by Crippen LogP contribution is 2.73. The van der Waals surface area contributed by atoms with Gasteiger partial charge in [-0.2, -0.15) is 0 Å². The molecule has 224 valence electrons. The van der Waals surface area contributed by atoms with E-state index in [1.54, 1.807) is 13.0 Å². The Kier molecular flexibility index (Phi) is 6.18. The normalized spacial score (nSPS) is 58.8. The van der Waals surface area contributed by atoms with Crippen LogP contribution in [-0.4, -0.2) is 110 Å². The summed E-state index contributed by atoms with van der Waals surface area (Å²) in [6.45, 7) is 3.65. The lowest BCUT2D eigenvalue weighted by Crippen LogP contribution is -2.72. The summed E-state index contributed by atoms with van der Waals surface area (Å²) >= 11 is 0. The Balaban J connectivity index is 1.19. The smallest absolute Gasteiger partial charge is 0.331 e. The molecule has 0 aromatic rings. The Morgan fingerprint density at radius 3 is 2.52 bits per heavy atom. The summed E-state index contributed by atoms with van der Waals surface area (Å²) in [5.41, 5.74) is -2.97. The van der Waals surface area contributed by atoms with Crippen molar-refractivity contribution in [3.63, 3.8) is 0 Å². The molecule has 2 saturated heterocycles. The van der Waals surface area contributed by atoms with Crippen molar-refractivity contribution in [3.8, 4) is 0 Å². The Bertz CT molecular complexity index is 1100. The van der Waals surface area contributed by atoms with Crippen LogP contribution in [0.1, 0.15) is 58.8 Å². The van der Waals surface area contributed by atoms with Gasteiger partial charge in [0.15, 0.2) is 6.29 Å². The van der Waals surface area contributed by atoms with Gasteiger partial charge in [-0.3, -0.25) is 0 Å². The molecule has 0 aromatic carbocycles. The predicted molar refractivity (Wildman–Crippen MR) is 135 cm³/mol. The number of fused-ring (bicyclic) bond motifs is 2. The third-order valence-electron chi connectivity index (χ3n) is 12.5. The molecule has 0 spiro atoms. The molecule has 40 heavy (non-hydrogen) atoms. The average molecular weight is 567 g/mol. The number of aliphatic hydroxyl groups is 6. The van der Waals surface area contributed by atoms with E-state index in [0.29, 0.717) is 32.1 Å². The Morgan fingerprint density at radius 1 is 1.05 bits per heavy atom. The van der Waals surface area contributed by atoms with Crippen molar-refractivity contribution < 1.29 is 54.4 Å². The van der Waals surface area contributed by atoms with Crippen molar-refractivity contribution in [1.82, 2.24) is 0 Å². The number of carbonyl (C=O) groups is 1. The van der Waals surface area contributed by atoms with E-state index in [9.17, 15) is 35.4 Å². The lowest BCUT2D eigenvalue weighted by Gasteiger charge is -2.65. The number of cyclic esters (lactones) is 1. The second-order valence-electron chi connectivity index (χ2n) is 13.9. The maximum absolute atomic E-state index is 12.5. The number of aliphatic hydroxyl groups excluding tert-OH is 4. The molecule has 0 bridgehead atoms. The number of hydrogen-bond donors (Lipinski definition) is 6. The van der Waals surface area contributed by atoms with Crippen LogP contribution in [0.3, 0.4) is 0 Å². The molecule has 0 amide bonds. The zero-order valence-corrected chi connectivity index (χ0v) is 23.0. The third kappa shape index (κ3) is 3.35. The van der Waals surface area contributed by atoms with Crippen LogP contribution in [0.25, 0.3) is 0 Å². The van der Waals surface area contributed by atoms with Gasteiger partial charge in [0.25, 0.3) is 0 Å². The Hall–Kier alpha value is -1.15. The lowest BCUT2D eigenvalue weighted by atomic mass is 9.41. The molecule has 15 atom stereocenters.